The molecule has 0 spiro atoms. The molecule has 0 atom stereocenters. The summed E-state index contributed by atoms with van der Waals surface area (Å²) in [7, 11) is 0. The molecule has 1 aromatic carbocycles. The van der Waals surface area contributed by atoms with Crippen LogP contribution in [-0.4, -0.2) is 12.3 Å². The highest BCUT2D eigenvalue weighted by Gasteiger charge is 2.34. The van der Waals surface area contributed by atoms with Crippen molar-refractivity contribution in [1.82, 2.24) is 0 Å². The molecule has 88 valence electrons. The van der Waals surface area contributed by atoms with Gasteiger partial charge in [-0.25, -0.2) is 0 Å². The van der Waals surface area contributed by atoms with Crippen molar-refractivity contribution in [3.8, 4) is 5.75 Å². The summed E-state index contributed by atoms with van der Waals surface area (Å²) >= 11 is 2.81. The number of carbonyl (C=O) groups is 1. The molecule has 0 aromatic heterocycles. The lowest BCUT2D eigenvalue weighted by atomic mass is 10.1. The van der Waals surface area contributed by atoms with Gasteiger partial charge in [-0.05, 0) is 28.1 Å². The average Bonchev–Trinajstić information content (AvgIpc) is 2.08. The van der Waals surface area contributed by atoms with Gasteiger partial charge in [-0.1, -0.05) is 0 Å². The lowest BCUT2D eigenvalue weighted by Gasteiger charge is -2.14. The number of carbonyl (C=O) groups excluding carboxylic acids is 1. The molecule has 0 bridgehead atoms. The molecule has 4 nitrogen and oxygen atoms in total. The summed E-state index contributed by atoms with van der Waals surface area (Å²) in [4.78, 5) is 11.0. The summed E-state index contributed by atoms with van der Waals surface area (Å²) in [6.07, 6.45) is -4.93. The molecule has 1 aromatic rings. The number of halogens is 4. The predicted octanol–water partition coefficient (Wildman–Crippen LogP) is 2.03. The van der Waals surface area contributed by atoms with Crippen molar-refractivity contribution in [3.05, 3.63) is 22.2 Å². The molecular weight excluding hydrogens is 293 g/mol. The van der Waals surface area contributed by atoms with Crippen LogP contribution in [0.25, 0.3) is 0 Å². The first-order valence-corrected chi connectivity index (χ1v) is 4.65. The van der Waals surface area contributed by atoms with E-state index >= 15 is 0 Å². The Hall–Kier alpha value is -1.44. The fraction of sp³-hybridized carbons (Fsp3) is 0.125. The molecule has 0 aliphatic carbocycles. The van der Waals surface area contributed by atoms with Gasteiger partial charge in [0.2, 0.25) is 0 Å². The molecule has 0 saturated heterocycles. The molecule has 0 fully saturated rings. The predicted molar refractivity (Wildman–Crippen MR) is 53.8 cm³/mol. The molecule has 0 heterocycles. The van der Waals surface area contributed by atoms with Crippen LogP contribution in [0.5, 0.6) is 5.75 Å². The second-order valence-corrected chi connectivity index (χ2v) is 3.61. The second kappa shape index (κ2) is 4.20. The van der Waals surface area contributed by atoms with Gasteiger partial charge >= 0.3 is 6.36 Å². The number of nitrogens with two attached hydrogens (primary N) is 2. The van der Waals surface area contributed by atoms with E-state index < -0.39 is 23.6 Å². The van der Waals surface area contributed by atoms with Gasteiger partial charge in [0.05, 0.1) is 4.47 Å². The minimum atomic E-state index is -4.93. The van der Waals surface area contributed by atoms with E-state index in [0.717, 1.165) is 0 Å². The van der Waals surface area contributed by atoms with Crippen molar-refractivity contribution in [3.63, 3.8) is 0 Å². The van der Waals surface area contributed by atoms with Crippen molar-refractivity contribution in [2.75, 3.05) is 5.73 Å². The number of alkyl halides is 3. The first-order chi connectivity index (χ1) is 7.22. The zero-order valence-electron chi connectivity index (χ0n) is 7.64. The van der Waals surface area contributed by atoms with Crippen molar-refractivity contribution in [2.45, 2.75) is 6.36 Å². The van der Waals surface area contributed by atoms with Gasteiger partial charge in [-0.15, -0.1) is 13.2 Å². The molecule has 8 heteroatoms. The number of anilines is 1. The quantitative estimate of drug-likeness (QED) is 0.820. The Balaban J connectivity index is 3.35. The van der Waals surface area contributed by atoms with Crippen LogP contribution in [0.4, 0.5) is 18.9 Å². The highest BCUT2D eigenvalue weighted by molar-refractivity contribution is 9.10. The number of nitrogen functional groups attached to an aromatic ring is 1. The summed E-state index contributed by atoms with van der Waals surface area (Å²) < 4.78 is 39.8. The first kappa shape index (κ1) is 12.6. The average molecular weight is 299 g/mol. The Kier molecular flexibility index (Phi) is 3.32. The Morgan fingerprint density at radius 3 is 2.38 bits per heavy atom. The van der Waals surface area contributed by atoms with Crippen molar-refractivity contribution < 1.29 is 22.7 Å². The maximum atomic E-state index is 12.1. The molecular formula is C8H6BrF3N2O2. The van der Waals surface area contributed by atoms with Crippen molar-refractivity contribution in [2.24, 2.45) is 5.73 Å². The molecule has 16 heavy (non-hydrogen) atoms. The Labute approximate surface area is 96.5 Å². The molecule has 1 rings (SSSR count). The molecule has 0 unspecified atom stereocenters. The van der Waals surface area contributed by atoms with Crippen molar-refractivity contribution in [1.29, 1.82) is 0 Å². The molecule has 0 saturated carbocycles. The van der Waals surface area contributed by atoms with Crippen LogP contribution in [0.1, 0.15) is 10.4 Å². The van der Waals surface area contributed by atoms with Crippen LogP contribution in [0.15, 0.2) is 16.6 Å². The smallest absolute Gasteiger partial charge is 0.404 e. The van der Waals surface area contributed by atoms with E-state index in [4.69, 9.17) is 11.5 Å². The minimum absolute atomic E-state index is 0.0622. The van der Waals surface area contributed by atoms with E-state index in [1.54, 1.807) is 0 Å². The third-order valence-electron chi connectivity index (χ3n) is 1.61. The lowest BCUT2D eigenvalue weighted by molar-refractivity contribution is -0.275. The number of ether oxygens (including phenoxy) is 1. The standard InChI is InChI=1S/C8H6BrF3N2O2/c9-3-1-2-4(13)5(7(14)15)6(3)16-8(10,11)12/h1-2H,13H2,(H2,14,15). The SMILES string of the molecule is NC(=O)c1c(N)ccc(Br)c1OC(F)(F)F. The normalized spacial score (nSPS) is 11.2. The van der Waals surface area contributed by atoms with Crippen LogP contribution in [0.3, 0.4) is 0 Å². The molecule has 0 aliphatic heterocycles. The number of primary amides is 1. The molecule has 1 amide bonds. The van der Waals surface area contributed by atoms with E-state index in [1.165, 1.54) is 12.1 Å². The second-order valence-electron chi connectivity index (χ2n) is 2.75. The molecule has 0 aliphatic rings. The number of rotatable bonds is 2. The Bertz CT molecular complexity index is 434. The van der Waals surface area contributed by atoms with E-state index in [0.29, 0.717) is 0 Å². The van der Waals surface area contributed by atoms with Crippen LogP contribution in [0.2, 0.25) is 0 Å². The van der Waals surface area contributed by atoms with Gasteiger partial charge < -0.3 is 16.2 Å². The van der Waals surface area contributed by atoms with Crippen LogP contribution in [-0.2, 0) is 0 Å². The van der Waals surface area contributed by atoms with Gasteiger partial charge in [0.15, 0.2) is 5.75 Å². The zero-order valence-corrected chi connectivity index (χ0v) is 9.22. The van der Waals surface area contributed by atoms with Crippen LogP contribution in [0, 0.1) is 0 Å². The zero-order chi connectivity index (χ0) is 12.5. The summed E-state index contributed by atoms with van der Waals surface area (Å²) in [5.41, 5.74) is 9.56. The van der Waals surface area contributed by atoms with E-state index in [-0.39, 0.29) is 10.2 Å². The summed E-state index contributed by atoms with van der Waals surface area (Å²) in [6.45, 7) is 0. The lowest BCUT2D eigenvalue weighted by Crippen LogP contribution is -2.22. The fourth-order valence-corrected chi connectivity index (χ4v) is 1.45. The van der Waals surface area contributed by atoms with Gasteiger partial charge in [0, 0.05) is 5.69 Å². The summed E-state index contributed by atoms with van der Waals surface area (Å²) in [5.74, 6) is -1.84. The molecule has 0 radical (unpaired) electrons. The third kappa shape index (κ3) is 2.78. The van der Waals surface area contributed by atoms with Gasteiger partial charge in [-0.3, -0.25) is 4.79 Å². The maximum absolute atomic E-state index is 12.1. The maximum Gasteiger partial charge on any atom is 0.573 e. The van der Waals surface area contributed by atoms with E-state index in [1.807, 2.05) is 0 Å². The highest BCUT2D eigenvalue weighted by atomic mass is 79.9. The minimum Gasteiger partial charge on any atom is -0.404 e. The number of amides is 1. The van der Waals surface area contributed by atoms with Crippen LogP contribution < -0.4 is 16.2 Å². The van der Waals surface area contributed by atoms with Gasteiger partial charge in [0.1, 0.15) is 5.56 Å². The highest BCUT2D eigenvalue weighted by Crippen LogP contribution is 2.36. The van der Waals surface area contributed by atoms with Crippen molar-refractivity contribution >= 4 is 27.5 Å². The van der Waals surface area contributed by atoms with E-state index in [9.17, 15) is 18.0 Å². The Morgan fingerprint density at radius 2 is 1.94 bits per heavy atom. The fourth-order valence-electron chi connectivity index (χ4n) is 1.04. The number of benzene rings is 1. The molecule has 4 N–H and O–H groups in total. The number of hydrogen-bond donors (Lipinski definition) is 2. The number of hydrogen-bond acceptors (Lipinski definition) is 3. The Morgan fingerprint density at radius 1 is 1.38 bits per heavy atom. The monoisotopic (exact) mass is 298 g/mol. The van der Waals surface area contributed by atoms with Gasteiger partial charge in [-0.2, -0.15) is 0 Å². The largest absolute Gasteiger partial charge is 0.573 e. The van der Waals surface area contributed by atoms with Gasteiger partial charge in [0.25, 0.3) is 5.91 Å². The van der Waals surface area contributed by atoms with E-state index in [2.05, 4.69) is 20.7 Å². The topological polar surface area (TPSA) is 78.3 Å². The summed E-state index contributed by atoms with van der Waals surface area (Å²) in [5, 5.41) is 0. The third-order valence-corrected chi connectivity index (χ3v) is 2.23. The van der Waals surface area contributed by atoms with Crippen LogP contribution >= 0.6 is 15.9 Å². The first-order valence-electron chi connectivity index (χ1n) is 3.86. The summed E-state index contributed by atoms with van der Waals surface area (Å²) in [6, 6.07) is 2.47.